The van der Waals surface area contributed by atoms with E-state index in [1.54, 1.807) is 0 Å². The van der Waals surface area contributed by atoms with Crippen LogP contribution in [0.15, 0.2) is 16.5 Å². The van der Waals surface area contributed by atoms with Gasteiger partial charge in [-0.05, 0) is 50.2 Å². The van der Waals surface area contributed by atoms with Gasteiger partial charge in [-0.25, -0.2) is 0 Å². The van der Waals surface area contributed by atoms with E-state index in [1.165, 1.54) is 34.9 Å². The predicted molar refractivity (Wildman–Crippen MR) is 84.1 cm³/mol. The lowest BCUT2D eigenvalue weighted by Crippen LogP contribution is -2.16. The van der Waals surface area contributed by atoms with Gasteiger partial charge in [0.25, 0.3) is 0 Å². The van der Waals surface area contributed by atoms with Crippen LogP contribution in [0.25, 0.3) is 11.0 Å². The average Bonchev–Trinajstić information content (AvgIpc) is 3.14. The molecule has 1 heterocycles. The molecule has 0 bridgehead atoms. The van der Waals surface area contributed by atoms with Crippen molar-refractivity contribution >= 4 is 11.0 Å². The first-order chi connectivity index (χ1) is 9.56. The van der Waals surface area contributed by atoms with E-state index in [2.05, 4.69) is 45.1 Å². The van der Waals surface area contributed by atoms with Crippen LogP contribution in [0.5, 0.6) is 0 Å². The second kappa shape index (κ2) is 5.25. The highest BCUT2D eigenvalue weighted by atomic mass is 16.3. The Morgan fingerprint density at radius 1 is 1.20 bits per heavy atom. The van der Waals surface area contributed by atoms with E-state index in [-0.39, 0.29) is 0 Å². The molecule has 1 N–H and O–H groups in total. The lowest BCUT2D eigenvalue weighted by Gasteiger charge is -2.08. The zero-order valence-corrected chi connectivity index (χ0v) is 13.0. The van der Waals surface area contributed by atoms with Crippen LogP contribution in [-0.2, 0) is 13.0 Å². The third kappa shape index (κ3) is 2.62. The van der Waals surface area contributed by atoms with Gasteiger partial charge >= 0.3 is 0 Å². The molecule has 3 rings (SSSR count). The fourth-order valence-electron chi connectivity index (χ4n) is 2.91. The largest absolute Gasteiger partial charge is 0.459 e. The molecule has 1 aromatic carbocycles. The Balaban J connectivity index is 2.05. The van der Waals surface area contributed by atoms with Crippen LogP contribution >= 0.6 is 0 Å². The highest BCUT2D eigenvalue weighted by molar-refractivity contribution is 5.88. The van der Waals surface area contributed by atoms with Gasteiger partial charge in [0.2, 0.25) is 0 Å². The number of fused-ring (bicyclic) bond motifs is 1. The van der Waals surface area contributed by atoms with Crippen molar-refractivity contribution in [3.63, 3.8) is 0 Å². The smallest absolute Gasteiger partial charge is 0.137 e. The van der Waals surface area contributed by atoms with Gasteiger partial charge in [0.15, 0.2) is 0 Å². The van der Waals surface area contributed by atoms with Crippen molar-refractivity contribution in [3.8, 4) is 0 Å². The maximum Gasteiger partial charge on any atom is 0.137 e. The van der Waals surface area contributed by atoms with Crippen molar-refractivity contribution in [1.29, 1.82) is 0 Å². The molecule has 0 unspecified atom stereocenters. The van der Waals surface area contributed by atoms with Crippen molar-refractivity contribution in [2.45, 2.75) is 59.5 Å². The molecule has 1 fully saturated rings. The topological polar surface area (TPSA) is 25.2 Å². The SMILES string of the molecule is Cc1ccc(C)c2c(CC(C)C)c(CNC3CC3)oc12. The van der Waals surface area contributed by atoms with Gasteiger partial charge in [0, 0.05) is 17.0 Å². The minimum absolute atomic E-state index is 0.649. The molecule has 0 aliphatic heterocycles. The average molecular weight is 271 g/mol. The van der Waals surface area contributed by atoms with Gasteiger partial charge in [0.05, 0.1) is 6.54 Å². The second-order valence-electron chi connectivity index (χ2n) is 6.66. The van der Waals surface area contributed by atoms with E-state index in [0.29, 0.717) is 5.92 Å². The Morgan fingerprint density at radius 3 is 2.55 bits per heavy atom. The zero-order chi connectivity index (χ0) is 14.3. The molecule has 0 amide bonds. The Morgan fingerprint density at radius 2 is 1.90 bits per heavy atom. The third-order valence-corrected chi connectivity index (χ3v) is 4.17. The summed E-state index contributed by atoms with van der Waals surface area (Å²) in [5.74, 6) is 1.80. The molecule has 1 aliphatic carbocycles. The lowest BCUT2D eigenvalue weighted by atomic mass is 9.96. The Bertz CT molecular complexity index is 620. The molecule has 2 nitrogen and oxygen atoms in total. The van der Waals surface area contributed by atoms with Crippen LogP contribution in [0, 0.1) is 19.8 Å². The summed E-state index contributed by atoms with van der Waals surface area (Å²) < 4.78 is 6.23. The Hall–Kier alpha value is -1.28. The van der Waals surface area contributed by atoms with Crippen LogP contribution in [0.3, 0.4) is 0 Å². The highest BCUT2D eigenvalue weighted by Crippen LogP contribution is 2.33. The van der Waals surface area contributed by atoms with Gasteiger partial charge < -0.3 is 9.73 Å². The first kappa shape index (κ1) is 13.7. The van der Waals surface area contributed by atoms with E-state index < -0.39 is 0 Å². The molecule has 0 saturated heterocycles. The van der Waals surface area contributed by atoms with Crippen LogP contribution < -0.4 is 5.32 Å². The van der Waals surface area contributed by atoms with Crippen LogP contribution in [0.4, 0.5) is 0 Å². The molecule has 1 aliphatic rings. The van der Waals surface area contributed by atoms with E-state index in [1.807, 2.05) is 0 Å². The summed E-state index contributed by atoms with van der Waals surface area (Å²) in [6.45, 7) is 9.77. The number of hydrogen-bond donors (Lipinski definition) is 1. The normalized spacial score (nSPS) is 15.4. The minimum atomic E-state index is 0.649. The molecule has 2 aromatic rings. The van der Waals surface area contributed by atoms with Crippen molar-refractivity contribution in [2.24, 2.45) is 5.92 Å². The Labute approximate surface area is 121 Å². The first-order valence-corrected chi connectivity index (χ1v) is 7.80. The number of hydrogen-bond acceptors (Lipinski definition) is 2. The molecule has 1 aromatic heterocycles. The molecule has 0 spiro atoms. The number of furan rings is 1. The van der Waals surface area contributed by atoms with Crippen LogP contribution in [0.1, 0.15) is 49.1 Å². The molecular weight excluding hydrogens is 246 g/mol. The molecule has 1 saturated carbocycles. The van der Waals surface area contributed by atoms with E-state index in [4.69, 9.17) is 4.42 Å². The quantitative estimate of drug-likeness (QED) is 0.866. The summed E-state index contributed by atoms with van der Waals surface area (Å²) in [6.07, 6.45) is 3.73. The first-order valence-electron chi connectivity index (χ1n) is 7.80. The fourth-order valence-corrected chi connectivity index (χ4v) is 2.91. The van der Waals surface area contributed by atoms with E-state index in [9.17, 15) is 0 Å². The fraction of sp³-hybridized carbons (Fsp3) is 0.556. The monoisotopic (exact) mass is 271 g/mol. The van der Waals surface area contributed by atoms with Crippen molar-refractivity contribution in [2.75, 3.05) is 0 Å². The third-order valence-electron chi connectivity index (χ3n) is 4.17. The molecular formula is C18H25NO. The van der Waals surface area contributed by atoms with Crippen LogP contribution in [-0.4, -0.2) is 6.04 Å². The van der Waals surface area contributed by atoms with Crippen molar-refractivity contribution in [3.05, 3.63) is 34.6 Å². The Kier molecular flexibility index (Phi) is 3.59. The minimum Gasteiger partial charge on any atom is -0.459 e. The van der Waals surface area contributed by atoms with Crippen molar-refractivity contribution < 1.29 is 4.42 Å². The van der Waals surface area contributed by atoms with Gasteiger partial charge in [-0.15, -0.1) is 0 Å². The summed E-state index contributed by atoms with van der Waals surface area (Å²) in [4.78, 5) is 0. The van der Waals surface area contributed by atoms with Crippen LogP contribution in [0.2, 0.25) is 0 Å². The summed E-state index contributed by atoms with van der Waals surface area (Å²) in [5, 5.41) is 4.95. The highest BCUT2D eigenvalue weighted by Gasteiger charge is 2.23. The maximum absolute atomic E-state index is 6.23. The van der Waals surface area contributed by atoms with E-state index >= 15 is 0 Å². The summed E-state index contributed by atoms with van der Waals surface area (Å²) in [7, 11) is 0. The number of nitrogens with one attached hydrogen (secondary N) is 1. The lowest BCUT2D eigenvalue weighted by molar-refractivity contribution is 0.499. The van der Waals surface area contributed by atoms with Gasteiger partial charge in [-0.3, -0.25) is 0 Å². The van der Waals surface area contributed by atoms with Gasteiger partial charge in [-0.1, -0.05) is 26.0 Å². The summed E-state index contributed by atoms with van der Waals surface area (Å²) in [6, 6.07) is 5.10. The molecule has 108 valence electrons. The predicted octanol–water partition coefficient (Wildman–Crippen LogP) is 4.50. The zero-order valence-electron chi connectivity index (χ0n) is 13.0. The molecule has 2 heteroatoms. The van der Waals surface area contributed by atoms with E-state index in [0.717, 1.165) is 30.4 Å². The second-order valence-corrected chi connectivity index (χ2v) is 6.66. The molecule has 0 atom stereocenters. The van der Waals surface area contributed by atoms with Crippen molar-refractivity contribution in [1.82, 2.24) is 5.32 Å². The number of rotatable bonds is 5. The summed E-state index contributed by atoms with van der Waals surface area (Å²) in [5.41, 5.74) is 5.09. The summed E-state index contributed by atoms with van der Waals surface area (Å²) >= 11 is 0. The molecule has 20 heavy (non-hydrogen) atoms. The number of aryl methyl sites for hydroxylation is 2. The van der Waals surface area contributed by atoms with Gasteiger partial charge in [0.1, 0.15) is 11.3 Å². The molecule has 0 radical (unpaired) electrons. The standard InChI is InChI=1S/C18H25NO/c1-11(2)9-15-16(10-19-14-7-8-14)20-18-13(4)6-5-12(3)17(15)18/h5-6,11,14,19H,7-10H2,1-4H3. The maximum atomic E-state index is 6.23. The van der Waals surface area contributed by atoms with Gasteiger partial charge in [-0.2, -0.15) is 0 Å². The number of benzene rings is 1.